The van der Waals surface area contributed by atoms with Crippen LogP contribution < -0.4 is 5.32 Å². The monoisotopic (exact) mass is 370 g/mol. The van der Waals surface area contributed by atoms with Gasteiger partial charge in [0.2, 0.25) is 0 Å². The molecule has 1 aliphatic rings. The highest BCUT2D eigenvalue weighted by molar-refractivity contribution is 7.86. The van der Waals surface area contributed by atoms with Crippen molar-refractivity contribution in [3.05, 3.63) is 17.6 Å². The minimum atomic E-state index is -3.49. The summed E-state index contributed by atoms with van der Waals surface area (Å²) < 4.78 is 28.1. The maximum atomic E-state index is 12.6. The third-order valence-electron chi connectivity index (χ3n) is 4.68. The van der Waals surface area contributed by atoms with Gasteiger partial charge in [0.1, 0.15) is 11.6 Å². The molecular weight excluding hydrogens is 340 g/mol. The maximum Gasteiger partial charge on any atom is 0.282 e. The van der Waals surface area contributed by atoms with Gasteiger partial charge in [0.25, 0.3) is 10.2 Å². The molecular formula is C16H30N6O2S. The first-order valence-electron chi connectivity index (χ1n) is 8.80. The Morgan fingerprint density at radius 2 is 2.00 bits per heavy atom. The SMILES string of the molecule is CCN(CC)S(=O)(=O)N(C)Cc1cc(NC)nc([C@H]2CCCN2C)n1. The van der Waals surface area contributed by atoms with Crippen molar-refractivity contribution < 1.29 is 8.42 Å². The fourth-order valence-electron chi connectivity index (χ4n) is 3.17. The molecule has 0 aliphatic carbocycles. The summed E-state index contributed by atoms with van der Waals surface area (Å²) >= 11 is 0. The van der Waals surface area contributed by atoms with Crippen LogP contribution in [0.15, 0.2) is 6.07 Å². The number of rotatable bonds is 8. The summed E-state index contributed by atoms with van der Waals surface area (Å²) in [5.41, 5.74) is 0.702. The van der Waals surface area contributed by atoms with Gasteiger partial charge < -0.3 is 5.32 Å². The fourth-order valence-corrected chi connectivity index (χ4v) is 4.51. The van der Waals surface area contributed by atoms with Crippen molar-refractivity contribution in [2.45, 2.75) is 39.3 Å². The Morgan fingerprint density at radius 1 is 1.32 bits per heavy atom. The Kier molecular flexibility index (Phi) is 6.72. The molecule has 8 nitrogen and oxygen atoms in total. The van der Waals surface area contributed by atoms with Gasteiger partial charge in [0.05, 0.1) is 18.3 Å². The number of aromatic nitrogens is 2. The van der Waals surface area contributed by atoms with Crippen LogP contribution in [0.2, 0.25) is 0 Å². The zero-order valence-electron chi connectivity index (χ0n) is 15.9. The first-order chi connectivity index (χ1) is 11.8. The molecule has 2 rings (SSSR count). The molecule has 0 radical (unpaired) electrons. The van der Waals surface area contributed by atoms with E-state index >= 15 is 0 Å². The van der Waals surface area contributed by atoms with Gasteiger partial charge in [-0.2, -0.15) is 17.0 Å². The second-order valence-electron chi connectivity index (χ2n) is 6.34. The highest BCUT2D eigenvalue weighted by Crippen LogP contribution is 2.29. The summed E-state index contributed by atoms with van der Waals surface area (Å²) in [4.78, 5) is 11.5. The van der Waals surface area contributed by atoms with Gasteiger partial charge in [-0.15, -0.1) is 0 Å². The lowest BCUT2D eigenvalue weighted by Gasteiger charge is -2.26. The van der Waals surface area contributed by atoms with E-state index in [1.54, 1.807) is 7.05 Å². The molecule has 0 bridgehead atoms. The number of likely N-dealkylation sites (tertiary alicyclic amines) is 1. The molecule has 1 fully saturated rings. The zero-order valence-corrected chi connectivity index (χ0v) is 16.7. The minimum absolute atomic E-state index is 0.191. The van der Waals surface area contributed by atoms with Crippen LogP contribution in [0, 0.1) is 0 Å². The smallest absolute Gasteiger partial charge is 0.282 e. The van der Waals surface area contributed by atoms with Crippen molar-refractivity contribution in [3.8, 4) is 0 Å². The lowest BCUT2D eigenvalue weighted by atomic mass is 10.2. The molecule has 0 amide bonds. The molecule has 0 spiro atoms. The first-order valence-corrected chi connectivity index (χ1v) is 10.2. The molecule has 0 unspecified atom stereocenters. The van der Waals surface area contributed by atoms with Crippen LogP contribution in [0.3, 0.4) is 0 Å². The van der Waals surface area contributed by atoms with E-state index in [1.807, 2.05) is 27.0 Å². The van der Waals surface area contributed by atoms with E-state index in [1.165, 1.54) is 8.61 Å². The van der Waals surface area contributed by atoms with Crippen molar-refractivity contribution in [3.63, 3.8) is 0 Å². The second-order valence-corrected chi connectivity index (χ2v) is 8.37. The molecule has 1 atom stereocenters. The summed E-state index contributed by atoms with van der Waals surface area (Å²) in [5, 5.41) is 3.06. The van der Waals surface area contributed by atoms with Crippen molar-refractivity contribution in [2.75, 3.05) is 46.1 Å². The quantitative estimate of drug-likeness (QED) is 0.743. The van der Waals surface area contributed by atoms with Crippen LogP contribution in [0.4, 0.5) is 5.82 Å². The molecule has 1 saturated heterocycles. The van der Waals surface area contributed by atoms with E-state index < -0.39 is 10.2 Å². The average molecular weight is 371 g/mol. The lowest BCUT2D eigenvalue weighted by molar-refractivity contribution is 0.304. The largest absolute Gasteiger partial charge is 0.373 e. The minimum Gasteiger partial charge on any atom is -0.373 e. The molecule has 1 aromatic heterocycles. The third-order valence-corrected chi connectivity index (χ3v) is 6.77. The summed E-state index contributed by atoms with van der Waals surface area (Å²) in [6.07, 6.45) is 2.15. The number of anilines is 1. The van der Waals surface area contributed by atoms with Crippen LogP contribution in [-0.4, -0.2) is 72.7 Å². The van der Waals surface area contributed by atoms with Crippen molar-refractivity contribution in [1.82, 2.24) is 23.5 Å². The topological polar surface area (TPSA) is 81.7 Å². The van der Waals surface area contributed by atoms with E-state index in [4.69, 9.17) is 0 Å². The van der Waals surface area contributed by atoms with Gasteiger partial charge in [-0.25, -0.2) is 9.97 Å². The first kappa shape index (κ1) is 20.0. The highest BCUT2D eigenvalue weighted by Gasteiger charge is 2.28. The Morgan fingerprint density at radius 3 is 2.52 bits per heavy atom. The normalized spacial score (nSPS) is 19.1. The summed E-state index contributed by atoms with van der Waals surface area (Å²) in [6.45, 7) is 5.84. The lowest BCUT2D eigenvalue weighted by Crippen LogP contribution is -2.41. The molecule has 0 aromatic carbocycles. The van der Waals surface area contributed by atoms with E-state index in [2.05, 4.69) is 27.2 Å². The van der Waals surface area contributed by atoms with Crippen LogP contribution >= 0.6 is 0 Å². The number of hydrogen-bond acceptors (Lipinski definition) is 6. The third kappa shape index (κ3) is 4.46. The van der Waals surface area contributed by atoms with Gasteiger partial charge in [-0.1, -0.05) is 13.8 Å². The molecule has 25 heavy (non-hydrogen) atoms. The van der Waals surface area contributed by atoms with E-state index in [0.717, 1.165) is 25.2 Å². The second kappa shape index (κ2) is 8.39. The van der Waals surface area contributed by atoms with Crippen LogP contribution in [0.1, 0.15) is 44.2 Å². The molecule has 1 aliphatic heterocycles. The molecule has 2 heterocycles. The summed E-state index contributed by atoms with van der Waals surface area (Å²) in [5.74, 6) is 1.48. The Hall–Kier alpha value is -1.29. The number of nitrogens with one attached hydrogen (secondary N) is 1. The predicted octanol–water partition coefficient (Wildman–Crippen LogP) is 1.30. The summed E-state index contributed by atoms with van der Waals surface area (Å²) in [6, 6.07) is 2.00. The van der Waals surface area contributed by atoms with E-state index in [0.29, 0.717) is 24.6 Å². The number of hydrogen-bond donors (Lipinski definition) is 1. The standard InChI is InChI=1S/C16H30N6O2S/c1-6-22(7-2)25(23,24)21(5)12-13-11-15(17-3)19-16(18-13)14-9-8-10-20(14)4/h11,14H,6-10,12H2,1-5H3,(H,17,18,19)/t14-/m1/s1. The fraction of sp³-hybridized carbons (Fsp3) is 0.750. The Labute approximate surface area is 151 Å². The Balaban J connectivity index is 2.26. The van der Waals surface area contributed by atoms with Crippen LogP contribution in [0.5, 0.6) is 0 Å². The molecule has 142 valence electrons. The van der Waals surface area contributed by atoms with E-state index in [9.17, 15) is 8.42 Å². The molecule has 1 N–H and O–H groups in total. The van der Waals surface area contributed by atoms with Crippen molar-refractivity contribution in [2.24, 2.45) is 0 Å². The Bertz CT molecular complexity index is 677. The van der Waals surface area contributed by atoms with Crippen molar-refractivity contribution >= 4 is 16.0 Å². The number of nitrogens with zero attached hydrogens (tertiary/aromatic N) is 5. The summed E-state index contributed by atoms with van der Waals surface area (Å²) in [7, 11) is 1.99. The van der Waals surface area contributed by atoms with Gasteiger partial charge in [-0.05, 0) is 26.4 Å². The molecule has 9 heteroatoms. The maximum absolute atomic E-state index is 12.6. The predicted molar refractivity (Wildman–Crippen MR) is 99.5 cm³/mol. The van der Waals surface area contributed by atoms with Crippen LogP contribution in [0.25, 0.3) is 0 Å². The van der Waals surface area contributed by atoms with Gasteiger partial charge in [-0.3, -0.25) is 4.90 Å². The van der Waals surface area contributed by atoms with Gasteiger partial charge in [0, 0.05) is 33.3 Å². The molecule has 1 aromatic rings. The highest BCUT2D eigenvalue weighted by atomic mass is 32.2. The van der Waals surface area contributed by atoms with Crippen LogP contribution in [-0.2, 0) is 16.8 Å². The van der Waals surface area contributed by atoms with Crippen molar-refractivity contribution in [1.29, 1.82) is 0 Å². The van der Waals surface area contributed by atoms with E-state index in [-0.39, 0.29) is 12.6 Å². The average Bonchev–Trinajstić information content (AvgIpc) is 3.01. The zero-order chi connectivity index (χ0) is 18.6. The van der Waals surface area contributed by atoms with Gasteiger partial charge >= 0.3 is 0 Å². The van der Waals surface area contributed by atoms with Gasteiger partial charge in [0.15, 0.2) is 0 Å². The molecule has 0 saturated carbocycles.